The molecule has 3 aromatic rings. The molecule has 0 bridgehead atoms. The third kappa shape index (κ3) is 5.31. The average molecular weight is 399 g/mol. The summed E-state index contributed by atoms with van der Waals surface area (Å²) in [5.41, 5.74) is 1.56. The van der Waals surface area contributed by atoms with Gasteiger partial charge in [-0.25, -0.2) is 4.39 Å². The molecule has 1 amide bonds. The van der Waals surface area contributed by atoms with Crippen molar-refractivity contribution >= 4 is 5.91 Å². The second kappa shape index (κ2) is 9.68. The van der Waals surface area contributed by atoms with E-state index in [-0.39, 0.29) is 17.5 Å². The summed E-state index contributed by atoms with van der Waals surface area (Å²) in [7, 11) is 0. The summed E-state index contributed by atoms with van der Waals surface area (Å²) in [6, 6.07) is 11.3. The van der Waals surface area contributed by atoms with Crippen LogP contribution in [-0.4, -0.2) is 35.8 Å². The van der Waals surface area contributed by atoms with Gasteiger partial charge in [0.15, 0.2) is 11.5 Å². The Morgan fingerprint density at radius 3 is 2.52 bits per heavy atom. The van der Waals surface area contributed by atoms with Gasteiger partial charge >= 0.3 is 11.8 Å². The fraction of sp³-hybridized carbons (Fsp3) is 0.286. The molecule has 1 N–H and O–H groups in total. The third-order valence-electron chi connectivity index (χ3n) is 4.03. The molecule has 1 heterocycles. The van der Waals surface area contributed by atoms with Crippen LogP contribution in [0.5, 0.6) is 11.5 Å². The maximum Gasteiger partial charge on any atom is 0.316 e. The highest BCUT2D eigenvalue weighted by atomic mass is 19.1. The number of nitrogens with zero attached hydrogens (tertiary/aromatic N) is 2. The first-order chi connectivity index (χ1) is 14.1. The van der Waals surface area contributed by atoms with E-state index in [2.05, 4.69) is 15.5 Å². The molecule has 3 rings (SSSR count). The van der Waals surface area contributed by atoms with Crippen molar-refractivity contribution in [3.8, 4) is 22.9 Å². The number of carbonyl (C=O) groups excluding carboxylic acids is 1. The number of carbonyl (C=O) groups is 1. The minimum atomic E-state index is -0.471. The summed E-state index contributed by atoms with van der Waals surface area (Å²) < 4.78 is 29.2. The molecule has 0 fully saturated rings. The molecule has 152 valence electrons. The molecule has 0 aliphatic rings. The zero-order valence-electron chi connectivity index (χ0n) is 16.3. The van der Waals surface area contributed by atoms with Crippen molar-refractivity contribution in [2.75, 3.05) is 19.8 Å². The Hall–Kier alpha value is -3.42. The molecule has 0 saturated heterocycles. The summed E-state index contributed by atoms with van der Waals surface area (Å²) in [4.78, 5) is 16.3. The summed E-state index contributed by atoms with van der Waals surface area (Å²) in [5.74, 6) is 0.619. The summed E-state index contributed by atoms with van der Waals surface area (Å²) in [6.45, 7) is 5.30. The van der Waals surface area contributed by atoms with Gasteiger partial charge in [0.05, 0.1) is 13.2 Å². The Kier molecular flexibility index (Phi) is 6.78. The van der Waals surface area contributed by atoms with Crippen molar-refractivity contribution in [3.63, 3.8) is 0 Å². The van der Waals surface area contributed by atoms with Gasteiger partial charge in [0.1, 0.15) is 5.82 Å². The van der Waals surface area contributed by atoms with E-state index >= 15 is 0 Å². The zero-order valence-corrected chi connectivity index (χ0v) is 16.3. The van der Waals surface area contributed by atoms with Crippen LogP contribution in [0.25, 0.3) is 11.4 Å². The van der Waals surface area contributed by atoms with Crippen LogP contribution in [0.1, 0.15) is 30.1 Å². The molecule has 8 heteroatoms. The molecule has 29 heavy (non-hydrogen) atoms. The standard InChI is InChI=1S/C21H22FN3O4/c1-3-27-17-10-5-14(13-18(17)28-4-2)11-12-23-20(26)21-24-19(25-29-21)15-6-8-16(22)9-7-15/h5-10,13H,3-4,11-12H2,1-2H3,(H,23,26). The molecule has 2 aromatic carbocycles. The number of rotatable bonds is 9. The number of benzene rings is 2. The van der Waals surface area contributed by atoms with E-state index in [1.165, 1.54) is 24.3 Å². The molecule has 0 aliphatic heterocycles. The van der Waals surface area contributed by atoms with E-state index in [9.17, 15) is 9.18 Å². The van der Waals surface area contributed by atoms with Gasteiger partial charge in [-0.3, -0.25) is 4.79 Å². The van der Waals surface area contributed by atoms with Crippen molar-refractivity contribution in [3.05, 3.63) is 59.7 Å². The Morgan fingerprint density at radius 1 is 1.07 bits per heavy atom. The number of ether oxygens (including phenoxy) is 2. The Bertz CT molecular complexity index is 957. The van der Waals surface area contributed by atoms with Crippen LogP contribution in [0, 0.1) is 5.82 Å². The Labute approximate surface area is 167 Å². The molecule has 0 spiro atoms. The number of amides is 1. The molecular weight excluding hydrogens is 377 g/mol. The molecule has 0 atom stereocenters. The molecule has 7 nitrogen and oxygen atoms in total. The van der Waals surface area contributed by atoms with Crippen molar-refractivity contribution < 1.29 is 23.2 Å². The lowest BCUT2D eigenvalue weighted by Crippen LogP contribution is -2.26. The molecular formula is C21H22FN3O4. The van der Waals surface area contributed by atoms with E-state index in [0.29, 0.717) is 43.2 Å². The van der Waals surface area contributed by atoms with Crippen molar-refractivity contribution in [2.45, 2.75) is 20.3 Å². The van der Waals surface area contributed by atoms with E-state index in [1.807, 2.05) is 32.0 Å². The fourth-order valence-electron chi connectivity index (χ4n) is 2.68. The smallest absolute Gasteiger partial charge is 0.316 e. The van der Waals surface area contributed by atoms with Crippen molar-refractivity contribution in [1.29, 1.82) is 0 Å². The maximum absolute atomic E-state index is 13.0. The van der Waals surface area contributed by atoms with Gasteiger partial charge in [0, 0.05) is 12.1 Å². The highest BCUT2D eigenvalue weighted by molar-refractivity contribution is 5.89. The SMILES string of the molecule is CCOc1ccc(CCNC(=O)c2nc(-c3ccc(F)cc3)no2)cc1OCC. The first-order valence-electron chi connectivity index (χ1n) is 9.37. The van der Waals surface area contributed by atoms with Gasteiger partial charge < -0.3 is 19.3 Å². The van der Waals surface area contributed by atoms with Gasteiger partial charge in [0.2, 0.25) is 5.82 Å². The summed E-state index contributed by atoms with van der Waals surface area (Å²) in [6.07, 6.45) is 0.594. The predicted octanol–water partition coefficient (Wildman–Crippen LogP) is 3.65. The van der Waals surface area contributed by atoms with Crippen molar-refractivity contribution in [1.82, 2.24) is 15.5 Å². The second-order valence-corrected chi connectivity index (χ2v) is 6.08. The van der Waals surface area contributed by atoms with Crippen LogP contribution in [0.15, 0.2) is 47.0 Å². The zero-order chi connectivity index (χ0) is 20.6. The predicted molar refractivity (Wildman–Crippen MR) is 105 cm³/mol. The van der Waals surface area contributed by atoms with Gasteiger partial charge in [-0.05, 0) is 62.2 Å². The number of nitrogens with one attached hydrogen (secondary N) is 1. The lowest BCUT2D eigenvalue weighted by Gasteiger charge is -2.12. The number of hydrogen-bond donors (Lipinski definition) is 1. The first kappa shape index (κ1) is 20.3. The van der Waals surface area contributed by atoms with E-state index in [1.54, 1.807) is 0 Å². The quantitative estimate of drug-likeness (QED) is 0.591. The molecule has 1 aromatic heterocycles. The fourth-order valence-corrected chi connectivity index (χ4v) is 2.68. The van der Waals surface area contributed by atoms with Crippen LogP contribution in [0.2, 0.25) is 0 Å². The largest absolute Gasteiger partial charge is 0.490 e. The monoisotopic (exact) mass is 399 g/mol. The topological polar surface area (TPSA) is 86.5 Å². The van der Waals surface area contributed by atoms with Crippen LogP contribution in [0.4, 0.5) is 4.39 Å². The Balaban J connectivity index is 1.57. The van der Waals surface area contributed by atoms with Crippen LogP contribution in [-0.2, 0) is 6.42 Å². The van der Waals surface area contributed by atoms with Crippen LogP contribution in [0.3, 0.4) is 0 Å². The molecule has 0 radical (unpaired) electrons. The lowest BCUT2D eigenvalue weighted by atomic mass is 10.1. The Morgan fingerprint density at radius 2 is 1.79 bits per heavy atom. The average Bonchev–Trinajstić information content (AvgIpc) is 3.21. The number of hydrogen-bond acceptors (Lipinski definition) is 6. The molecule has 0 unspecified atom stereocenters. The highest BCUT2D eigenvalue weighted by Gasteiger charge is 2.16. The summed E-state index contributed by atoms with van der Waals surface area (Å²) in [5, 5.41) is 6.51. The van der Waals surface area contributed by atoms with E-state index in [4.69, 9.17) is 14.0 Å². The molecule has 0 aliphatic carbocycles. The highest BCUT2D eigenvalue weighted by Crippen LogP contribution is 2.28. The van der Waals surface area contributed by atoms with E-state index in [0.717, 1.165) is 5.56 Å². The third-order valence-corrected chi connectivity index (χ3v) is 4.03. The van der Waals surface area contributed by atoms with Gasteiger partial charge in [-0.15, -0.1) is 0 Å². The maximum atomic E-state index is 13.0. The first-order valence-corrected chi connectivity index (χ1v) is 9.37. The second-order valence-electron chi connectivity index (χ2n) is 6.08. The number of halogens is 1. The minimum absolute atomic E-state index is 0.147. The molecule has 0 saturated carbocycles. The minimum Gasteiger partial charge on any atom is -0.490 e. The van der Waals surface area contributed by atoms with Gasteiger partial charge in [-0.1, -0.05) is 11.2 Å². The number of aromatic nitrogens is 2. The van der Waals surface area contributed by atoms with Crippen LogP contribution < -0.4 is 14.8 Å². The van der Waals surface area contributed by atoms with Gasteiger partial charge in [-0.2, -0.15) is 4.98 Å². The summed E-state index contributed by atoms with van der Waals surface area (Å²) >= 11 is 0. The lowest BCUT2D eigenvalue weighted by molar-refractivity contribution is 0.0910. The van der Waals surface area contributed by atoms with Crippen LogP contribution >= 0.6 is 0 Å². The van der Waals surface area contributed by atoms with Gasteiger partial charge in [0.25, 0.3) is 0 Å². The van der Waals surface area contributed by atoms with Crippen molar-refractivity contribution in [2.24, 2.45) is 0 Å². The normalized spacial score (nSPS) is 10.6. The van der Waals surface area contributed by atoms with E-state index < -0.39 is 5.91 Å².